The van der Waals surface area contributed by atoms with Crippen molar-refractivity contribution in [1.82, 2.24) is 37.2 Å². The van der Waals surface area contributed by atoms with E-state index in [-0.39, 0.29) is 56.3 Å². The van der Waals surface area contributed by atoms with Crippen LogP contribution in [0.25, 0.3) is 0 Å². The fourth-order valence-corrected chi connectivity index (χ4v) is 6.47. The predicted molar refractivity (Wildman–Crippen MR) is 246 cm³/mol. The van der Waals surface area contributed by atoms with Crippen LogP contribution in [0.15, 0.2) is 29.3 Å². The van der Waals surface area contributed by atoms with Crippen LogP contribution in [0.5, 0.6) is 5.75 Å². The number of aliphatic imine (C=N–C) groups is 1. The van der Waals surface area contributed by atoms with Crippen molar-refractivity contribution in [1.29, 1.82) is 0 Å². The van der Waals surface area contributed by atoms with Gasteiger partial charge in [-0.3, -0.25) is 48.1 Å². The van der Waals surface area contributed by atoms with Gasteiger partial charge in [-0.15, -0.1) is 0 Å². The number of hydrogen-bond acceptors (Lipinski definition) is 13. The molecular weight excluding hydrogens is 893 g/mol. The van der Waals surface area contributed by atoms with Crippen molar-refractivity contribution in [2.24, 2.45) is 45.7 Å². The number of phenolic OH excluding ortho intramolecular Hbond substituents is 1. The maximum Gasteiger partial charge on any atom is 0.326 e. The largest absolute Gasteiger partial charge is 0.508 e. The van der Waals surface area contributed by atoms with Crippen molar-refractivity contribution in [2.45, 2.75) is 135 Å². The van der Waals surface area contributed by atoms with Crippen molar-refractivity contribution in [3.05, 3.63) is 29.8 Å². The molecule has 0 saturated heterocycles. The molecule has 25 nitrogen and oxygen atoms in total. The second-order valence-corrected chi connectivity index (χ2v) is 17.1. The number of aromatic hydroxyl groups is 1. The number of guanidine groups is 1. The third-order valence-electron chi connectivity index (χ3n) is 10.4. The van der Waals surface area contributed by atoms with Crippen molar-refractivity contribution < 1.29 is 63.3 Å². The monoisotopic (exact) mass is 963 g/mol. The summed E-state index contributed by atoms with van der Waals surface area (Å²) in [7, 11) is 0. The molecule has 0 bridgehead atoms. The predicted octanol–water partition coefficient (Wildman–Crippen LogP) is -3.09. The molecule has 1 rings (SSSR count). The number of benzene rings is 1. The van der Waals surface area contributed by atoms with Crippen LogP contribution in [0.4, 0.5) is 0 Å². The topological polar surface area (TPSA) is 432 Å². The van der Waals surface area contributed by atoms with E-state index < -0.39 is 133 Å². The summed E-state index contributed by atoms with van der Waals surface area (Å²) in [5, 5.41) is 45.8. The molecule has 0 saturated carbocycles. The molecule has 0 aliphatic rings. The number of carbonyl (C=O) groups excluding carboxylic acids is 8. The van der Waals surface area contributed by atoms with Gasteiger partial charge in [-0.05, 0) is 67.6 Å². The zero-order valence-electron chi connectivity index (χ0n) is 39.3. The minimum Gasteiger partial charge on any atom is -0.508 e. The van der Waals surface area contributed by atoms with E-state index in [9.17, 15) is 63.3 Å². The first-order chi connectivity index (χ1) is 31.7. The van der Waals surface area contributed by atoms with Crippen LogP contribution < -0.4 is 60.2 Å². The standard InChI is InChI=1S/C43H70N12O13/c1-7-23(6)35(41(66)52-28(42(67)68)9-8-16-48-43(46)47)55-37(62)27(14-15-31(45)57)51-38(63)29(17-21(2)3)53-40(65)34(22(4)5)54-39(64)30(19-33(59)60)50-32(58)20-49-36(61)26(44)18-24-10-12-25(56)13-11-24/h10-13,21-23,26-30,34-35,56H,7-9,14-20,44H2,1-6H3,(H2,45,57)(H,49,61)(H,50,58)(H,51,63)(H,52,66)(H,53,65)(H,54,64)(H,55,62)(H,59,60)(H,67,68)(H4,46,47,48)/t23-,26-,27-,28-,29-,30-,34-,35-/m0/s1. The molecule has 1 aromatic carbocycles. The normalized spacial score (nSPS) is 14.5. The Morgan fingerprint density at radius 2 is 1.21 bits per heavy atom. The Morgan fingerprint density at radius 1 is 0.662 bits per heavy atom. The Bertz CT molecular complexity index is 1940. The van der Waals surface area contributed by atoms with Crippen LogP contribution in [0.2, 0.25) is 0 Å². The lowest BCUT2D eigenvalue weighted by Gasteiger charge is -2.30. The summed E-state index contributed by atoms with van der Waals surface area (Å²) in [5.74, 6) is -11.7. The van der Waals surface area contributed by atoms with Crippen LogP contribution in [-0.2, 0) is 54.4 Å². The highest BCUT2D eigenvalue weighted by atomic mass is 16.4. The molecule has 0 unspecified atom stereocenters. The summed E-state index contributed by atoms with van der Waals surface area (Å²) in [4.78, 5) is 133. The molecule has 0 spiro atoms. The Hall–Kier alpha value is -7.05. The SMILES string of the molecule is CC[C@H](C)[C@H](NC(=O)[C@H](CCC(N)=O)NC(=O)[C@H](CC(C)C)NC(=O)[C@@H](NC(=O)[C@H](CC(=O)O)NC(=O)CNC(=O)[C@@H](N)Cc1ccc(O)cc1)C(C)C)C(=O)N[C@@H](CCCN=C(N)N)C(=O)O. The number of carboxylic acids is 2. The Labute approximate surface area is 394 Å². The molecule has 68 heavy (non-hydrogen) atoms. The summed E-state index contributed by atoms with van der Waals surface area (Å²) in [6.45, 7) is 9.32. The summed E-state index contributed by atoms with van der Waals surface area (Å²) < 4.78 is 0. The zero-order valence-corrected chi connectivity index (χ0v) is 39.3. The van der Waals surface area contributed by atoms with E-state index in [4.69, 9.17) is 22.9 Å². The molecule has 0 aliphatic carbocycles. The van der Waals surface area contributed by atoms with E-state index in [0.717, 1.165) is 0 Å². The molecule has 0 heterocycles. The van der Waals surface area contributed by atoms with Crippen LogP contribution >= 0.6 is 0 Å². The van der Waals surface area contributed by atoms with Crippen LogP contribution in [0.1, 0.15) is 92.1 Å². The number of nitrogens with two attached hydrogens (primary N) is 4. The molecule has 0 radical (unpaired) electrons. The van der Waals surface area contributed by atoms with Crippen LogP contribution in [-0.4, -0.2) is 136 Å². The van der Waals surface area contributed by atoms with Gasteiger partial charge in [0.15, 0.2) is 5.96 Å². The highest BCUT2D eigenvalue weighted by Crippen LogP contribution is 2.14. The van der Waals surface area contributed by atoms with Gasteiger partial charge in [0, 0.05) is 13.0 Å². The molecule has 380 valence electrons. The molecule has 18 N–H and O–H groups in total. The number of carbonyl (C=O) groups is 10. The first-order valence-electron chi connectivity index (χ1n) is 22.2. The zero-order chi connectivity index (χ0) is 51.8. The number of nitrogens with zero attached hydrogens (tertiary/aromatic N) is 1. The highest BCUT2D eigenvalue weighted by molar-refractivity contribution is 5.98. The number of phenols is 1. The molecule has 1 aromatic rings. The maximum atomic E-state index is 14.0. The Morgan fingerprint density at radius 3 is 1.74 bits per heavy atom. The summed E-state index contributed by atoms with van der Waals surface area (Å²) >= 11 is 0. The van der Waals surface area contributed by atoms with E-state index in [1.54, 1.807) is 53.7 Å². The second kappa shape index (κ2) is 29.6. The van der Waals surface area contributed by atoms with Crippen molar-refractivity contribution >= 4 is 65.2 Å². The molecule has 8 amide bonds. The average molecular weight is 963 g/mol. The third-order valence-corrected chi connectivity index (χ3v) is 10.4. The van der Waals surface area contributed by atoms with Gasteiger partial charge >= 0.3 is 11.9 Å². The van der Waals surface area contributed by atoms with Crippen LogP contribution in [0.3, 0.4) is 0 Å². The number of aliphatic carboxylic acids is 2. The van der Waals surface area contributed by atoms with Gasteiger partial charge in [0.05, 0.1) is 19.0 Å². The van der Waals surface area contributed by atoms with Crippen molar-refractivity contribution in [3.63, 3.8) is 0 Å². The number of rotatable bonds is 31. The first-order valence-corrected chi connectivity index (χ1v) is 22.2. The molecule has 25 heteroatoms. The fraction of sp³-hybridized carbons (Fsp3) is 0.605. The van der Waals surface area contributed by atoms with E-state index in [1.165, 1.54) is 12.1 Å². The quantitative estimate of drug-likeness (QED) is 0.0199. The summed E-state index contributed by atoms with van der Waals surface area (Å²) in [6.07, 6.45) is -1.13. The molecule has 8 atom stereocenters. The van der Waals surface area contributed by atoms with Gasteiger partial charge in [0.2, 0.25) is 47.3 Å². The molecule has 0 aromatic heterocycles. The summed E-state index contributed by atoms with van der Waals surface area (Å²) in [6, 6.07) is -3.87. The van der Waals surface area contributed by atoms with Gasteiger partial charge in [-0.25, -0.2) is 4.79 Å². The first kappa shape index (κ1) is 59.0. The number of primary amides is 1. The fourth-order valence-electron chi connectivity index (χ4n) is 6.47. The van der Waals surface area contributed by atoms with Gasteiger partial charge in [-0.2, -0.15) is 0 Å². The number of carboxylic acid groups (broad SMARTS) is 2. The minimum atomic E-state index is -1.73. The lowest BCUT2D eigenvalue weighted by molar-refractivity contribution is -0.143. The van der Waals surface area contributed by atoms with E-state index in [2.05, 4.69) is 42.2 Å². The Balaban J connectivity index is 3.24. The van der Waals surface area contributed by atoms with Crippen LogP contribution in [0, 0.1) is 17.8 Å². The summed E-state index contributed by atoms with van der Waals surface area (Å²) in [5.41, 5.74) is 22.6. The molecule has 0 fully saturated rings. The number of amides is 8. The average Bonchev–Trinajstić information content (AvgIpc) is 3.25. The molecule has 0 aliphatic heterocycles. The number of nitrogens with one attached hydrogen (secondary N) is 7. The van der Waals surface area contributed by atoms with Gasteiger partial charge < -0.3 is 75.5 Å². The third kappa shape index (κ3) is 22.4. The Kier molecular flexibility index (Phi) is 25.6. The second-order valence-electron chi connectivity index (χ2n) is 17.1. The smallest absolute Gasteiger partial charge is 0.326 e. The highest BCUT2D eigenvalue weighted by Gasteiger charge is 2.36. The minimum absolute atomic E-state index is 0.0117. The molecular formula is C43H70N12O13. The lowest BCUT2D eigenvalue weighted by Crippen LogP contribution is -2.61. The maximum absolute atomic E-state index is 14.0. The van der Waals surface area contributed by atoms with Crippen molar-refractivity contribution in [3.8, 4) is 5.75 Å². The number of hydrogen-bond donors (Lipinski definition) is 14. The van der Waals surface area contributed by atoms with Gasteiger partial charge in [0.1, 0.15) is 42.0 Å². The van der Waals surface area contributed by atoms with Gasteiger partial charge in [-0.1, -0.05) is 60.1 Å². The van der Waals surface area contributed by atoms with E-state index in [0.29, 0.717) is 12.0 Å². The van der Waals surface area contributed by atoms with Crippen molar-refractivity contribution in [2.75, 3.05) is 13.1 Å². The van der Waals surface area contributed by atoms with Gasteiger partial charge in [0.25, 0.3) is 0 Å². The van der Waals surface area contributed by atoms with E-state index >= 15 is 0 Å². The lowest BCUT2D eigenvalue weighted by atomic mass is 9.96. The van der Waals surface area contributed by atoms with E-state index in [1.807, 2.05) is 0 Å².